The highest BCUT2D eigenvalue weighted by Gasteiger charge is 2.16. The van der Waals surface area contributed by atoms with E-state index in [-0.39, 0.29) is 18.5 Å². The van der Waals surface area contributed by atoms with Crippen molar-refractivity contribution in [3.05, 3.63) is 46.8 Å². The maximum Gasteiger partial charge on any atom is 0.338 e. The van der Waals surface area contributed by atoms with Crippen LogP contribution in [0.4, 0.5) is 0 Å². The quantitative estimate of drug-likeness (QED) is 0.619. The number of nitrogens with zero attached hydrogens (tertiary/aromatic N) is 2. The molecule has 0 aliphatic heterocycles. The predicted octanol–water partition coefficient (Wildman–Crippen LogP) is 4.13. The molecule has 2 aromatic rings. The van der Waals surface area contributed by atoms with Gasteiger partial charge >= 0.3 is 5.97 Å². The first-order valence-electron chi connectivity index (χ1n) is 9.46. The third kappa shape index (κ3) is 5.42. The molecule has 1 aromatic carbocycles. The van der Waals surface area contributed by atoms with Gasteiger partial charge in [-0.1, -0.05) is 20.3 Å². The monoisotopic (exact) mass is 372 g/mol. The molecule has 2 rings (SSSR count). The molecule has 6 nitrogen and oxygen atoms in total. The smallest absolute Gasteiger partial charge is 0.338 e. The van der Waals surface area contributed by atoms with E-state index >= 15 is 0 Å². The van der Waals surface area contributed by atoms with Crippen molar-refractivity contribution in [1.29, 1.82) is 0 Å². The Morgan fingerprint density at radius 3 is 2.41 bits per heavy atom. The fraction of sp³-hybridized carbons (Fsp3) is 0.476. The first-order chi connectivity index (χ1) is 13.0. The van der Waals surface area contributed by atoms with Gasteiger partial charge in [-0.3, -0.25) is 4.79 Å². The molecule has 0 spiro atoms. The average molecular weight is 372 g/mol. The topological polar surface area (TPSA) is 70.4 Å². The third-order valence-electron chi connectivity index (χ3n) is 4.35. The minimum absolute atomic E-state index is 0.116. The summed E-state index contributed by atoms with van der Waals surface area (Å²) in [5.41, 5.74) is 3.37. The summed E-state index contributed by atoms with van der Waals surface area (Å²) in [5.74, 6) is -0.0605. The molecule has 0 aliphatic carbocycles. The minimum Gasteiger partial charge on any atom is -0.484 e. The molecule has 0 saturated heterocycles. The zero-order valence-electron chi connectivity index (χ0n) is 16.6. The molecule has 0 bridgehead atoms. The number of unbranched alkanes of at least 4 members (excludes halogenated alkanes) is 1. The minimum atomic E-state index is -0.360. The molecule has 146 valence electrons. The van der Waals surface area contributed by atoms with Gasteiger partial charge in [0.25, 0.3) is 5.91 Å². The van der Waals surface area contributed by atoms with Crippen molar-refractivity contribution in [3.63, 3.8) is 0 Å². The highest BCUT2D eigenvalue weighted by molar-refractivity contribution is 5.89. The van der Waals surface area contributed by atoms with Crippen LogP contribution >= 0.6 is 0 Å². The van der Waals surface area contributed by atoms with E-state index in [0.717, 1.165) is 42.6 Å². The summed E-state index contributed by atoms with van der Waals surface area (Å²) in [6.07, 6.45) is 3.88. The summed E-state index contributed by atoms with van der Waals surface area (Å²) in [5, 5.41) is 4.37. The molecule has 1 heterocycles. The fourth-order valence-electron chi connectivity index (χ4n) is 2.80. The summed E-state index contributed by atoms with van der Waals surface area (Å²) >= 11 is 0. The van der Waals surface area contributed by atoms with Gasteiger partial charge in [-0.25, -0.2) is 9.48 Å². The van der Waals surface area contributed by atoms with Crippen LogP contribution in [0.25, 0.3) is 0 Å². The number of hydrogen-bond acceptors (Lipinski definition) is 5. The molecule has 1 aromatic heterocycles. The van der Waals surface area contributed by atoms with Crippen molar-refractivity contribution in [2.24, 2.45) is 0 Å². The number of rotatable bonds is 9. The van der Waals surface area contributed by atoms with Crippen molar-refractivity contribution in [2.45, 2.75) is 53.4 Å². The van der Waals surface area contributed by atoms with E-state index in [0.29, 0.717) is 17.9 Å². The molecule has 6 heteroatoms. The Morgan fingerprint density at radius 2 is 1.78 bits per heavy atom. The zero-order valence-corrected chi connectivity index (χ0v) is 16.6. The summed E-state index contributed by atoms with van der Waals surface area (Å²) in [6.45, 7) is 8.21. The fourth-order valence-corrected chi connectivity index (χ4v) is 2.80. The van der Waals surface area contributed by atoms with E-state index < -0.39 is 0 Å². The number of hydrogen-bond donors (Lipinski definition) is 0. The van der Waals surface area contributed by atoms with Gasteiger partial charge in [-0.05, 0) is 62.9 Å². The average Bonchev–Trinajstić information content (AvgIpc) is 2.96. The summed E-state index contributed by atoms with van der Waals surface area (Å²) in [6, 6.07) is 6.57. The molecule has 0 N–H and O–H groups in total. The van der Waals surface area contributed by atoms with Crippen molar-refractivity contribution >= 4 is 11.9 Å². The lowest BCUT2D eigenvalue weighted by atomic mass is 10.1. The molecule has 0 atom stereocenters. The third-order valence-corrected chi connectivity index (χ3v) is 4.35. The lowest BCUT2D eigenvalue weighted by Gasteiger charge is -2.08. The molecular formula is C21H28N2O4. The highest BCUT2D eigenvalue weighted by atomic mass is 16.5. The molecule has 0 fully saturated rings. The van der Waals surface area contributed by atoms with Crippen LogP contribution < -0.4 is 4.74 Å². The van der Waals surface area contributed by atoms with Crippen LogP contribution in [0.1, 0.15) is 65.2 Å². The van der Waals surface area contributed by atoms with Crippen LogP contribution in [-0.4, -0.2) is 34.9 Å². The number of aryl methyl sites for hydroxylation is 1. The molecule has 0 radical (unpaired) electrons. The lowest BCUT2D eigenvalue weighted by Crippen LogP contribution is -2.21. The molecular weight excluding hydrogens is 344 g/mol. The van der Waals surface area contributed by atoms with Gasteiger partial charge in [0.1, 0.15) is 5.75 Å². The van der Waals surface area contributed by atoms with Crippen molar-refractivity contribution in [1.82, 2.24) is 9.78 Å². The van der Waals surface area contributed by atoms with Crippen molar-refractivity contribution in [2.75, 3.05) is 13.2 Å². The maximum absolute atomic E-state index is 12.5. The van der Waals surface area contributed by atoms with Gasteiger partial charge in [0.05, 0.1) is 17.9 Å². The predicted molar refractivity (Wildman–Crippen MR) is 103 cm³/mol. The number of benzene rings is 1. The largest absolute Gasteiger partial charge is 0.484 e. The van der Waals surface area contributed by atoms with Crippen LogP contribution in [-0.2, 0) is 11.2 Å². The van der Waals surface area contributed by atoms with Crippen LogP contribution in [0.3, 0.4) is 0 Å². The molecule has 0 amide bonds. The molecule has 0 saturated carbocycles. The first kappa shape index (κ1) is 20.7. The van der Waals surface area contributed by atoms with Gasteiger partial charge in [-0.2, -0.15) is 5.10 Å². The van der Waals surface area contributed by atoms with E-state index in [9.17, 15) is 9.59 Å². The molecule has 0 aliphatic rings. The maximum atomic E-state index is 12.5. The van der Waals surface area contributed by atoms with Gasteiger partial charge in [0.15, 0.2) is 6.61 Å². The summed E-state index contributed by atoms with van der Waals surface area (Å²) < 4.78 is 12.1. The van der Waals surface area contributed by atoms with Gasteiger partial charge in [0.2, 0.25) is 0 Å². The van der Waals surface area contributed by atoms with Crippen LogP contribution in [0.5, 0.6) is 5.75 Å². The standard InChI is InChI=1S/C21H28N2O4/c1-5-7-8-19-15(3)22-23(16(19)4)20(24)14-27-18-11-9-17(10-12-18)21(25)26-13-6-2/h9-12H,5-8,13-14H2,1-4H3. The van der Waals surface area contributed by atoms with Crippen molar-refractivity contribution < 1.29 is 19.1 Å². The second-order valence-electron chi connectivity index (χ2n) is 6.51. The lowest BCUT2D eigenvalue weighted by molar-refractivity contribution is 0.0504. The van der Waals surface area contributed by atoms with Crippen LogP contribution in [0, 0.1) is 13.8 Å². The van der Waals surface area contributed by atoms with Crippen molar-refractivity contribution in [3.8, 4) is 5.75 Å². The zero-order chi connectivity index (χ0) is 19.8. The Kier molecular flexibility index (Phi) is 7.58. The number of ether oxygens (including phenoxy) is 2. The van der Waals surface area contributed by atoms with Gasteiger partial charge < -0.3 is 9.47 Å². The molecule has 0 unspecified atom stereocenters. The Bertz CT molecular complexity index is 778. The van der Waals surface area contributed by atoms with Crippen LogP contribution in [0.2, 0.25) is 0 Å². The SMILES string of the molecule is CCCCc1c(C)nn(C(=O)COc2ccc(C(=O)OCCC)cc2)c1C. The first-order valence-corrected chi connectivity index (χ1v) is 9.46. The summed E-state index contributed by atoms with van der Waals surface area (Å²) in [7, 11) is 0. The summed E-state index contributed by atoms with van der Waals surface area (Å²) in [4.78, 5) is 24.3. The Balaban J connectivity index is 1.96. The molecule has 27 heavy (non-hydrogen) atoms. The second kappa shape index (κ2) is 9.90. The number of carbonyl (C=O) groups is 2. The number of esters is 1. The van der Waals surface area contributed by atoms with Crippen LogP contribution in [0.15, 0.2) is 24.3 Å². The van der Waals surface area contributed by atoms with E-state index in [2.05, 4.69) is 12.0 Å². The van der Waals surface area contributed by atoms with E-state index in [1.165, 1.54) is 4.68 Å². The van der Waals surface area contributed by atoms with E-state index in [4.69, 9.17) is 9.47 Å². The number of aromatic nitrogens is 2. The Morgan fingerprint density at radius 1 is 1.07 bits per heavy atom. The number of carbonyl (C=O) groups excluding carboxylic acids is 2. The normalized spacial score (nSPS) is 10.7. The van der Waals surface area contributed by atoms with E-state index in [1.807, 2.05) is 20.8 Å². The second-order valence-corrected chi connectivity index (χ2v) is 6.51. The Labute approximate surface area is 160 Å². The Hall–Kier alpha value is -2.63. The highest BCUT2D eigenvalue weighted by Crippen LogP contribution is 2.17. The van der Waals surface area contributed by atoms with E-state index in [1.54, 1.807) is 24.3 Å². The van der Waals surface area contributed by atoms with Gasteiger partial charge in [0, 0.05) is 5.69 Å². The van der Waals surface area contributed by atoms with Gasteiger partial charge in [-0.15, -0.1) is 0 Å².